The molecular weight excluding hydrogens is 223 g/mol. The van der Waals surface area contributed by atoms with Crippen LogP contribution in [0.4, 0.5) is 18.9 Å². The van der Waals surface area contributed by atoms with Gasteiger partial charge in [-0.3, -0.25) is 0 Å². The second-order valence-electron chi connectivity index (χ2n) is 3.57. The first-order valence-electron chi connectivity index (χ1n) is 4.67. The van der Waals surface area contributed by atoms with Gasteiger partial charge in [-0.2, -0.15) is 13.2 Å². The highest BCUT2D eigenvalue weighted by Gasteiger charge is 2.31. The minimum atomic E-state index is -4.41. The highest BCUT2D eigenvalue weighted by Crippen LogP contribution is 2.33. The van der Waals surface area contributed by atoms with Gasteiger partial charge in [0, 0.05) is 11.8 Å². The second kappa shape index (κ2) is 3.86. The molecule has 16 heavy (non-hydrogen) atoms. The van der Waals surface area contributed by atoms with Crippen LogP contribution in [0.15, 0.2) is 18.2 Å². The molecule has 6 heteroatoms. The number of nitrogen functional groups attached to an aromatic ring is 1. The summed E-state index contributed by atoms with van der Waals surface area (Å²) in [5, 5.41) is 0. The molecule has 2 N–H and O–H groups in total. The number of ether oxygens (including phenoxy) is 2. The molecule has 88 valence electrons. The summed E-state index contributed by atoms with van der Waals surface area (Å²) in [7, 11) is 0. The second-order valence-corrected chi connectivity index (χ2v) is 3.57. The average molecular weight is 233 g/mol. The Hall–Kier alpha value is -1.43. The number of halogens is 3. The minimum absolute atomic E-state index is 0.0325. The van der Waals surface area contributed by atoms with Gasteiger partial charge in [-0.25, -0.2) is 0 Å². The van der Waals surface area contributed by atoms with E-state index < -0.39 is 11.7 Å². The van der Waals surface area contributed by atoms with Gasteiger partial charge < -0.3 is 15.2 Å². The van der Waals surface area contributed by atoms with Crippen LogP contribution in [0.3, 0.4) is 0 Å². The predicted molar refractivity (Wildman–Crippen MR) is 51.1 cm³/mol. The molecule has 0 unspecified atom stereocenters. The van der Waals surface area contributed by atoms with E-state index in [1.165, 1.54) is 6.07 Å². The number of anilines is 1. The molecule has 0 bridgehead atoms. The average Bonchev–Trinajstić information content (AvgIpc) is 2.09. The van der Waals surface area contributed by atoms with E-state index in [1.54, 1.807) is 0 Å². The first kappa shape index (κ1) is 11.1. The Kier molecular flexibility index (Phi) is 2.67. The largest absolute Gasteiger partial charge is 0.486 e. The first-order valence-corrected chi connectivity index (χ1v) is 4.67. The SMILES string of the molecule is Nc1cc(OC2COC2)cc(C(F)(F)F)c1. The smallest absolute Gasteiger partial charge is 0.416 e. The van der Waals surface area contributed by atoms with E-state index in [0.717, 1.165) is 12.1 Å². The third kappa shape index (κ3) is 2.38. The van der Waals surface area contributed by atoms with Crippen molar-refractivity contribution in [1.82, 2.24) is 0 Å². The van der Waals surface area contributed by atoms with Gasteiger partial charge in [0.25, 0.3) is 0 Å². The van der Waals surface area contributed by atoms with Gasteiger partial charge in [0.15, 0.2) is 0 Å². The Balaban J connectivity index is 2.21. The zero-order valence-electron chi connectivity index (χ0n) is 8.25. The quantitative estimate of drug-likeness (QED) is 0.795. The molecule has 1 heterocycles. The summed E-state index contributed by atoms with van der Waals surface area (Å²) >= 11 is 0. The summed E-state index contributed by atoms with van der Waals surface area (Å²) in [5.41, 5.74) is 4.61. The van der Waals surface area contributed by atoms with Gasteiger partial charge in [-0.1, -0.05) is 0 Å². The maximum Gasteiger partial charge on any atom is 0.416 e. The molecule has 0 atom stereocenters. The monoisotopic (exact) mass is 233 g/mol. The van der Waals surface area contributed by atoms with Crippen LogP contribution in [0, 0.1) is 0 Å². The minimum Gasteiger partial charge on any atom is -0.486 e. The predicted octanol–water partition coefficient (Wildman–Crippen LogP) is 2.07. The standard InChI is InChI=1S/C10H10F3NO2/c11-10(12,13)6-1-7(14)3-8(2-6)16-9-4-15-5-9/h1-3,9H,4-5,14H2. The van der Waals surface area contributed by atoms with Crippen LogP contribution in [0.5, 0.6) is 5.75 Å². The van der Waals surface area contributed by atoms with E-state index in [1.807, 2.05) is 0 Å². The molecule has 3 nitrogen and oxygen atoms in total. The maximum absolute atomic E-state index is 12.4. The molecular formula is C10H10F3NO2. The van der Waals surface area contributed by atoms with Gasteiger partial charge in [0.2, 0.25) is 0 Å². The van der Waals surface area contributed by atoms with Gasteiger partial charge in [-0.15, -0.1) is 0 Å². The molecule has 1 fully saturated rings. The molecule has 1 aliphatic heterocycles. The summed E-state index contributed by atoms with van der Waals surface area (Å²) in [4.78, 5) is 0. The lowest BCUT2D eigenvalue weighted by Gasteiger charge is -2.27. The van der Waals surface area contributed by atoms with Gasteiger partial charge >= 0.3 is 6.18 Å². The number of alkyl halides is 3. The third-order valence-electron chi connectivity index (χ3n) is 2.17. The lowest BCUT2D eigenvalue weighted by atomic mass is 10.2. The van der Waals surface area contributed by atoms with E-state index in [2.05, 4.69) is 0 Å². The van der Waals surface area contributed by atoms with E-state index in [-0.39, 0.29) is 17.5 Å². The summed E-state index contributed by atoms with van der Waals surface area (Å²) in [6, 6.07) is 3.19. The molecule has 1 aliphatic rings. The highest BCUT2D eigenvalue weighted by atomic mass is 19.4. The number of hydrogen-bond donors (Lipinski definition) is 1. The molecule has 2 rings (SSSR count). The lowest BCUT2D eigenvalue weighted by molar-refractivity contribution is -0.137. The Morgan fingerprint density at radius 2 is 1.94 bits per heavy atom. The molecule has 0 aromatic heterocycles. The van der Waals surface area contributed by atoms with Crippen molar-refractivity contribution in [3.63, 3.8) is 0 Å². The van der Waals surface area contributed by atoms with Gasteiger partial charge in [0.05, 0.1) is 18.8 Å². The first-order chi connectivity index (χ1) is 7.45. The summed E-state index contributed by atoms with van der Waals surface area (Å²) in [6.07, 6.45) is -4.59. The zero-order valence-corrected chi connectivity index (χ0v) is 8.25. The van der Waals surface area contributed by atoms with Crippen LogP contribution >= 0.6 is 0 Å². The third-order valence-corrected chi connectivity index (χ3v) is 2.17. The van der Waals surface area contributed by atoms with Crippen molar-refractivity contribution >= 4 is 5.69 Å². The highest BCUT2D eigenvalue weighted by molar-refractivity contribution is 5.48. The topological polar surface area (TPSA) is 44.5 Å². The number of nitrogens with two attached hydrogens (primary N) is 1. The van der Waals surface area contributed by atoms with E-state index in [4.69, 9.17) is 15.2 Å². The molecule has 1 aromatic carbocycles. The van der Waals surface area contributed by atoms with Crippen molar-refractivity contribution in [3.8, 4) is 5.75 Å². The van der Waals surface area contributed by atoms with E-state index >= 15 is 0 Å². The summed E-state index contributed by atoms with van der Waals surface area (Å²) in [5.74, 6) is 0.126. The van der Waals surface area contributed by atoms with Crippen molar-refractivity contribution in [2.45, 2.75) is 12.3 Å². The number of rotatable bonds is 2. The fourth-order valence-corrected chi connectivity index (χ4v) is 1.33. The van der Waals surface area contributed by atoms with Gasteiger partial charge in [-0.05, 0) is 12.1 Å². The molecule has 1 aromatic rings. The van der Waals surface area contributed by atoms with Crippen LogP contribution in [-0.2, 0) is 10.9 Å². The van der Waals surface area contributed by atoms with Crippen LogP contribution in [0.1, 0.15) is 5.56 Å². The van der Waals surface area contributed by atoms with Crippen LogP contribution in [-0.4, -0.2) is 19.3 Å². The van der Waals surface area contributed by atoms with Crippen molar-refractivity contribution in [3.05, 3.63) is 23.8 Å². The molecule has 0 spiro atoms. The van der Waals surface area contributed by atoms with Crippen LogP contribution in [0.25, 0.3) is 0 Å². The van der Waals surface area contributed by atoms with Crippen molar-refractivity contribution in [2.75, 3.05) is 18.9 Å². The maximum atomic E-state index is 12.4. The van der Waals surface area contributed by atoms with Crippen LogP contribution < -0.4 is 10.5 Å². The summed E-state index contributed by atoms with van der Waals surface area (Å²) < 4.78 is 47.5. The molecule has 0 saturated carbocycles. The molecule has 0 radical (unpaired) electrons. The Bertz CT molecular complexity index is 388. The fourth-order valence-electron chi connectivity index (χ4n) is 1.33. The Labute approximate surface area is 89.9 Å². The van der Waals surface area contributed by atoms with Crippen molar-refractivity contribution in [2.24, 2.45) is 0 Å². The zero-order chi connectivity index (χ0) is 11.8. The number of hydrogen-bond acceptors (Lipinski definition) is 3. The molecule has 0 amide bonds. The van der Waals surface area contributed by atoms with Crippen molar-refractivity contribution in [1.29, 1.82) is 0 Å². The van der Waals surface area contributed by atoms with E-state index in [0.29, 0.717) is 13.2 Å². The van der Waals surface area contributed by atoms with Crippen LogP contribution in [0.2, 0.25) is 0 Å². The number of benzene rings is 1. The Morgan fingerprint density at radius 1 is 1.25 bits per heavy atom. The fraction of sp³-hybridized carbons (Fsp3) is 0.400. The normalized spacial score (nSPS) is 16.9. The molecule has 1 saturated heterocycles. The molecule has 0 aliphatic carbocycles. The van der Waals surface area contributed by atoms with E-state index in [9.17, 15) is 13.2 Å². The Morgan fingerprint density at radius 3 is 2.44 bits per heavy atom. The van der Waals surface area contributed by atoms with Gasteiger partial charge in [0.1, 0.15) is 11.9 Å². The van der Waals surface area contributed by atoms with Crippen molar-refractivity contribution < 1.29 is 22.6 Å². The lowest BCUT2D eigenvalue weighted by Crippen LogP contribution is -2.38. The summed E-state index contributed by atoms with van der Waals surface area (Å²) in [6.45, 7) is 0.798.